The first-order valence-electron chi connectivity index (χ1n) is 10.4. The number of hydrogen-bond donors (Lipinski definition) is 2. The molecule has 1 aromatic rings. The zero-order valence-corrected chi connectivity index (χ0v) is 17.4. The van der Waals surface area contributed by atoms with E-state index in [4.69, 9.17) is 0 Å². The van der Waals surface area contributed by atoms with Gasteiger partial charge in [0.15, 0.2) is 0 Å². The maximum atomic E-state index is 12.8. The van der Waals surface area contributed by atoms with Gasteiger partial charge in [-0.25, -0.2) is 4.98 Å². The molecule has 1 saturated carbocycles. The van der Waals surface area contributed by atoms with Crippen LogP contribution in [0.5, 0.6) is 0 Å². The Morgan fingerprint density at radius 3 is 2.37 bits per heavy atom. The Balaban J connectivity index is 1.99. The number of nitrogens with one attached hydrogen (secondary N) is 2. The van der Waals surface area contributed by atoms with Crippen molar-refractivity contribution in [2.24, 2.45) is 23.7 Å². The van der Waals surface area contributed by atoms with Crippen LogP contribution in [0.15, 0.2) is 18.2 Å². The van der Waals surface area contributed by atoms with Crippen LogP contribution < -0.4 is 10.6 Å². The summed E-state index contributed by atoms with van der Waals surface area (Å²) in [5.74, 6) is 1.84. The minimum Gasteiger partial charge on any atom is -0.344 e. The third kappa shape index (κ3) is 6.05. The van der Waals surface area contributed by atoms with Crippen molar-refractivity contribution in [3.63, 3.8) is 0 Å². The second-order valence-electron chi connectivity index (χ2n) is 8.38. The summed E-state index contributed by atoms with van der Waals surface area (Å²) in [5, 5.41) is 5.90. The highest BCUT2D eigenvalue weighted by atomic mass is 16.2. The van der Waals surface area contributed by atoms with Crippen LogP contribution in [-0.2, 0) is 9.59 Å². The monoisotopic (exact) mass is 373 g/mol. The van der Waals surface area contributed by atoms with Crippen LogP contribution in [0.3, 0.4) is 0 Å². The van der Waals surface area contributed by atoms with Gasteiger partial charge >= 0.3 is 0 Å². The lowest BCUT2D eigenvalue weighted by Crippen LogP contribution is -2.50. The summed E-state index contributed by atoms with van der Waals surface area (Å²) in [4.78, 5) is 30.0. The van der Waals surface area contributed by atoms with Gasteiger partial charge in [0.2, 0.25) is 11.8 Å². The quantitative estimate of drug-likeness (QED) is 0.747. The van der Waals surface area contributed by atoms with E-state index < -0.39 is 6.04 Å². The fraction of sp³-hybridized carbons (Fsp3) is 0.682. The van der Waals surface area contributed by atoms with Gasteiger partial charge in [-0.3, -0.25) is 9.59 Å². The average Bonchev–Trinajstić information content (AvgIpc) is 2.65. The lowest BCUT2D eigenvalue weighted by molar-refractivity contribution is -0.131. The Labute approximate surface area is 163 Å². The van der Waals surface area contributed by atoms with E-state index in [9.17, 15) is 9.59 Å². The van der Waals surface area contributed by atoms with E-state index in [2.05, 4.69) is 29.5 Å². The molecule has 5 heteroatoms. The maximum Gasteiger partial charge on any atom is 0.248 e. The molecule has 0 unspecified atom stereocenters. The maximum absolute atomic E-state index is 12.8. The Bertz CT molecular complexity index is 636. The Kier molecular flexibility index (Phi) is 7.81. The zero-order valence-electron chi connectivity index (χ0n) is 17.4. The number of anilines is 1. The van der Waals surface area contributed by atoms with Crippen LogP contribution in [0.1, 0.15) is 65.5 Å². The topological polar surface area (TPSA) is 71.1 Å². The molecular weight excluding hydrogens is 338 g/mol. The normalized spacial score (nSPS) is 22.1. The molecular formula is C22H35N3O2. The smallest absolute Gasteiger partial charge is 0.248 e. The molecule has 1 aromatic heterocycles. The van der Waals surface area contributed by atoms with Gasteiger partial charge in [-0.2, -0.15) is 0 Å². The summed E-state index contributed by atoms with van der Waals surface area (Å²) in [6.45, 7) is 10.4. The number of carbonyl (C=O) groups is 2. The SMILES string of the molecule is CC[C@H](C)[C@H](NC(=O)C1CCC(C(C)C)CC1)C(=O)Nc1cccc(C)n1. The van der Waals surface area contributed by atoms with E-state index in [1.807, 2.05) is 32.9 Å². The molecule has 0 bridgehead atoms. The number of pyridine rings is 1. The molecule has 1 heterocycles. The highest BCUT2D eigenvalue weighted by Gasteiger charge is 2.32. The standard InChI is InChI=1S/C22H35N3O2/c1-6-15(4)20(22(27)24-19-9-7-8-16(5)23-19)25-21(26)18-12-10-17(11-13-18)14(2)3/h7-9,14-15,17-18,20H,6,10-13H2,1-5H3,(H,25,26)(H,23,24,27)/t15-,17?,18?,20-/m0/s1. The van der Waals surface area contributed by atoms with Crippen LogP contribution >= 0.6 is 0 Å². The van der Waals surface area contributed by atoms with E-state index >= 15 is 0 Å². The number of nitrogens with zero attached hydrogens (tertiary/aromatic N) is 1. The molecule has 1 fully saturated rings. The summed E-state index contributed by atoms with van der Waals surface area (Å²) in [7, 11) is 0. The molecule has 0 radical (unpaired) electrons. The van der Waals surface area contributed by atoms with Gasteiger partial charge in [0.05, 0.1) is 0 Å². The Morgan fingerprint density at radius 2 is 1.81 bits per heavy atom. The lowest BCUT2D eigenvalue weighted by atomic mass is 9.76. The highest BCUT2D eigenvalue weighted by molar-refractivity contribution is 5.97. The molecule has 0 aliphatic heterocycles. The van der Waals surface area contributed by atoms with Crippen molar-refractivity contribution < 1.29 is 9.59 Å². The number of hydrogen-bond acceptors (Lipinski definition) is 3. The number of rotatable bonds is 7. The minimum atomic E-state index is -0.535. The molecule has 2 N–H and O–H groups in total. The molecule has 1 aliphatic rings. The van der Waals surface area contributed by atoms with Gasteiger partial charge in [-0.1, -0.05) is 40.2 Å². The fourth-order valence-corrected chi connectivity index (χ4v) is 3.84. The number of aromatic nitrogens is 1. The molecule has 2 amide bonds. The second kappa shape index (κ2) is 9.86. The largest absolute Gasteiger partial charge is 0.344 e. The molecule has 27 heavy (non-hydrogen) atoms. The predicted molar refractivity (Wildman–Crippen MR) is 109 cm³/mol. The van der Waals surface area contributed by atoms with Gasteiger partial charge in [0.1, 0.15) is 11.9 Å². The molecule has 5 nitrogen and oxygen atoms in total. The summed E-state index contributed by atoms with van der Waals surface area (Å²) < 4.78 is 0. The first kappa shape index (κ1) is 21.4. The van der Waals surface area contributed by atoms with Crippen LogP contribution in [0, 0.1) is 30.6 Å². The molecule has 0 aromatic carbocycles. The Morgan fingerprint density at radius 1 is 1.15 bits per heavy atom. The first-order valence-corrected chi connectivity index (χ1v) is 10.4. The predicted octanol–water partition coefficient (Wildman–Crippen LogP) is 4.32. The number of carbonyl (C=O) groups excluding carboxylic acids is 2. The van der Waals surface area contributed by atoms with Crippen molar-refractivity contribution in [1.82, 2.24) is 10.3 Å². The van der Waals surface area contributed by atoms with Crippen LogP contribution in [0.25, 0.3) is 0 Å². The van der Waals surface area contributed by atoms with Gasteiger partial charge in [0.25, 0.3) is 0 Å². The highest BCUT2D eigenvalue weighted by Crippen LogP contribution is 2.33. The molecule has 150 valence electrons. The van der Waals surface area contributed by atoms with Crippen LogP contribution in [0.4, 0.5) is 5.82 Å². The fourth-order valence-electron chi connectivity index (χ4n) is 3.84. The van der Waals surface area contributed by atoms with Gasteiger partial charge in [-0.15, -0.1) is 0 Å². The van der Waals surface area contributed by atoms with Gasteiger partial charge in [0, 0.05) is 11.6 Å². The van der Waals surface area contributed by atoms with Crippen molar-refractivity contribution in [3.8, 4) is 0 Å². The molecule has 0 spiro atoms. The first-order chi connectivity index (χ1) is 12.8. The minimum absolute atomic E-state index is 0.0230. The summed E-state index contributed by atoms with van der Waals surface area (Å²) >= 11 is 0. The van der Waals surface area contributed by atoms with E-state index in [1.165, 1.54) is 0 Å². The molecule has 0 saturated heterocycles. The molecule has 2 rings (SSSR count). The summed E-state index contributed by atoms with van der Waals surface area (Å²) in [6.07, 6.45) is 4.86. The van der Waals surface area contributed by atoms with E-state index in [1.54, 1.807) is 6.07 Å². The average molecular weight is 374 g/mol. The summed E-state index contributed by atoms with van der Waals surface area (Å²) in [6, 6.07) is 4.99. The summed E-state index contributed by atoms with van der Waals surface area (Å²) in [5.41, 5.74) is 0.846. The van der Waals surface area contributed by atoms with E-state index in [-0.39, 0.29) is 23.7 Å². The van der Waals surface area contributed by atoms with Crippen molar-refractivity contribution >= 4 is 17.6 Å². The van der Waals surface area contributed by atoms with Crippen molar-refractivity contribution in [2.75, 3.05) is 5.32 Å². The van der Waals surface area contributed by atoms with Gasteiger partial charge in [-0.05, 0) is 62.5 Å². The second-order valence-corrected chi connectivity index (χ2v) is 8.38. The number of aryl methyl sites for hydroxylation is 1. The van der Waals surface area contributed by atoms with Crippen molar-refractivity contribution in [3.05, 3.63) is 23.9 Å². The zero-order chi connectivity index (χ0) is 20.0. The van der Waals surface area contributed by atoms with Crippen LogP contribution in [0.2, 0.25) is 0 Å². The third-order valence-corrected chi connectivity index (χ3v) is 6.02. The number of amides is 2. The van der Waals surface area contributed by atoms with E-state index in [0.717, 1.165) is 43.7 Å². The molecule has 1 aliphatic carbocycles. The molecule has 2 atom stereocenters. The van der Waals surface area contributed by atoms with Crippen molar-refractivity contribution in [2.45, 2.75) is 72.8 Å². The lowest BCUT2D eigenvalue weighted by Gasteiger charge is -2.32. The van der Waals surface area contributed by atoms with Gasteiger partial charge < -0.3 is 10.6 Å². The Hall–Kier alpha value is -1.91. The van der Waals surface area contributed by atoms with Crippen molar-refractivity contribution in [1.29, 1.82) is 0 Å². The van der Waals surface area contributed by atoms with E-state index in [0.29, 0.717) is 11.7 Å². The third-order valence-electron chi connectivity index (χ3n) is 6.02. The van der Waals surface area contributed by atoms with Crippen LogP contribution in [-0.4, -0.2) is 22.8 Å².